The van der Waals surface area contributed by atoms with Crippen molar-refractivity contribution in [2.24, 2.45) is 5.73 Å². The van der Waals surface area contributed by atoms with Crippen LogP contribution in [0.5, 0.6) is 0 Å². The van der Waals surface area contributed by atoms with E-state index in [2.05, 4.69) is 15.2 Å². The molecule has 2 aromatic heterocycles. The lowest BCUT2D eigenvalue weighted by atomic mass is 10.0. The monoisotopic (exact) mass is 270 g/mol. The molecule has 5 N–H and O–H groups in total. The summed E-state index contributed by atoms with van der Waals surface area (Å²) in [7, 11) is 0. The average molecular weight is 270 g/mol. The Hall–Kier alpha value is -2.60. The van der Waals surface area contributed by atoms with Crippen LogP contribution >= 0.6 is 0 Å². The van der Waals surface area contributed by atoms with Crippen LogP contribution in [0.25, 0.3) is 22.2 Å². The van der Waals surface area contributed by atoms with Gasteiger partial charge in [-0.05, 0) is 11.6 Å². The number of carbonyl (C=O) groups is 1. The molecule has 3 aromatic rings. The van der Waals surface area contributed by atoms with E-state index >= 15 is 0 Å². The first-order valence-corrected chi connectivity index (χ1v) is 6.24. The molecule has 0 bridgehead atoms. The summed E-state index contributed by atoms with van der Waals surface area (Å²) >= 11 is 0. The first-order valence-electron chi connectivity index (χ1n) is 6.24. The molecule has 0 aliphatic heterocycles. The molecule has 0 radical (unpaired) electrons. The van der Waals surface area contributed by atoms with Crippen molar-refractivity contribution in [3.05, 3.63) is 42.2 Å². The number of aromatic nitrogens is 3. The van der Waals surface area contributed by atoms with E-state index in [9.17, 15) is 4.79 Å². The maximum absolute atomic E-state index is 10.9. The first-order chi connectivity index (χ1) is 9.66. The third-order valence-electron chi connectivity index (χ3n) is 3.33. The topological polar surface area (TPSA) is 108 Å². The predicted molar refractivity (Wildman–Crippen MR) is 75.2 cm³/mol. The number of hydrogen-bond donors (Lipinski definition) is 4. The van der Waals surface area contributed by atoms with E-state index in [4.69, 9.17) is 10.8 Å². The molecule has 0 saturated heterocycles. The van der Waals surface area contributed by atoms with Crippen LogP contribution in [-0.4, -0.2) is 32.3 Å². The van der Waals surface area contributed by atoms with Gasteiger partial charge in [-0.25, -0.2) is 0 Å². The van der Waals surface area contributed by atoms with Crippen LogP contribution in [0.2, 0.25) is 0 Å². The standard InChI is InChI=1S/C14H14N4O2/c15-11(14(19)20)6-8-7-16-13-9(8)2-1-3-10(13)12-4-5-17-18-12/h1-5,7,11,16H,6,15H2,(H,17,18)(H,19,20)/t11-/m0/s1. The van der Waals surface area contributed by atoms with Gasteiger partial charge in [0.15, 0.2) is 0 Å². The van der Waals surface area contributed by atoms with Crippen molar-refractivity contribution in [3.8, 4) is 11.3 Å². The molecule has 0 saturated carbocycles. The number of carboxylic acid groups (broad SMARTS) is 1. The lowest BCUT2D eigenvalue weighted by molar-refractivity contribution is -0.138. The van der Waals surface area contributed by atoms with Crippen LogP contribution in [0.1, 0.15) is 5.56 Å². The van der Waals surface area contributed by atoms with Crippen LogP contribution in [0.4, 0.5) is 0 Å². The van der Waals surface area contributed by atoms with Crippen LogP contribution in [0.3, 0.4) is 0 Å². The van der Waals surface area contributed by atoms with Gasteiger partial charge in [0.2, 0.25) is 0 Å². The molecule has 6 nitrogen and oxygen atoms in total. The van der Waals surface area contributed by atoms with Gasteiger partial charge in [0.25, 0.3) is 0 Å². The van der Waals surface area contributed by atoms with E-state index in [1.54, 1.807) is 6.20 Å². The Morgan fingerprint density at radius 2 is 2.25 bits per heavy atom. The minimum Gasteiger partial charge on any atom is -0.480 e. The summed E-state index contributed by atoms with van der Waals surface area (Å²) in [5, 5.41) is 16.8. The van der Waals surface area contributed by atoms with E-state index in [1.807, 2.05) is 30.5 Å². The lowest BCUT2D eigenvalue weighted by Gasteiger charge is -2.05. The maximum Gasteiger partial charge on any atom is 0.320 e. The molecule has 3 rings (SSSR count). The molecule has 2 heterocycles. The second-order valence-electron chi connectivity index (χ2n) is 4.65. The zero-order valence-corrected chi connectivity index (χ0v) is 10.6. The van der Waals surface area contributed by atoms with Gasteiger partial charge in [-0.15, -0.1) is 0 Å². The number of nitrogens with two attached hydrogens (primary N) is 1. The maximum atomic E-state index is 10.9. The fourth-order valence-electron chi connectivity index (χ4n) is 2.33. The summed E-state index contributed by atoms with van der Waals surface area (Å²) in [6.45, 7) is 0. The molecule has 0 unspecified atom stereocenters. The highest BCUT2D eigenvalue weighted by atomic mass is 16.4. The van der Waals surface area contributed by atoms with Crippen molar-refractivity contribution in [2.45, 2.75) is 12.5 Å². The van der Waals surface area contributed by atoms with Gasteiger partial charge in [-0.3, -0.25) is 9.89 Å². The molecular weight excluding hydrogens is 256 g/mol. The quantitative estimate of drug-likeness (QED) is 0.576. The molecule has 1 atom stereocenters. The van der Waals surface area contributed by atoms with Gasteiger partial charge in [0.05, 0.1) is 11.2 Å². The summed E-state index contributed by atoms with van der Waals surface area (Å²) in [5.74, 6) is -0.997. The summed E-state index contributed by atoms with van der Waals surface area (Å²) in [4.78, 5) is 14.1. The van der Waals surface area contributed by atoms with Crippen molar-refractivity contribution in [1.82, 2.24) is 15.2 Å². The molecule has 6 heteroatoms. The van der Waals surface area contributed by atoms with Crippen LogP contribution in [-0.2, 0) is 11.2 Å². The Bertz CT molecular complexity index is 746. The van der Waals surface area contributed by atoms with Crippen molar-refractivity contribution in [3.63, 3.8) is 0 Å². The summed E-state index contributed by atoms with van der Waals surface area (Å²) in [6, 6.07) is 6.83. The number of hydrogen-bond acceptors (Lipinski definition) is 3. The summed E-state index contributed by atoms with van der Waals surface area (Å²) in [5.41, 5.74) is 9.24. The number of H-pyrrole nitrogens is 2. The number of fused-ring (bicyclic) bond motifs is 1. The zero-order chi connectivity index (χ0) is 14.1. The van der Waals surface area contributed by atoms with E-state index in [0.29, 0.717) is 6.42 Å². The lowest BCUT2D eigenvalue weighted by Crippen LogP contribution is -2.32. The third kappa shape index (κ3) is 2.06. The molecule has 0 aliphatic carbocycles. The number of benzene rings is 1. The molecule has 102 valence electrons. The van der Waals surface area contributed by atoms with Gasteiger partial charge in [-0.2, -0.15) is 5.10 Å². The Kier molecular flexibility index (Phi) is 3.00. The van der Waals surface area contributed by atoms with Gasteiger partial charge in [-0.1, -0.05) is 18.2 Å². The average Bonchev–Trinajstić information content (AvgIpc) is 3.08. The highest BCUT2D eigenvalue weighted by Crippen LogP contribution is 2.28. The predicted octanol–water partition coefficient (Wildman–Crippen LogP) is 1.51. The van der Waals surface area contributed by atoms with Gasteiger partial charge >= 0.3 is 5.97 Å². The van der Waals surface area contributed by atoms with E-state index in [1.165, 1.54) is 0 Å². The molecule has 0 aliphatic rings. The largest absolute Gasteiger partial charge is 0.480 e. The van der Waals surface area contributed by atoms with Crippen LogP contribution < -0.4 is 5.73 Å². The molecule has 20 heavy (non-hydrogen) atoms. The van der Waals surface area contributed by atoms with Crippen molar-refractivity contribution in [1.29, 1.82) is 0 Å². The Morgan fingerprint density at radius 3 is 2.95 bits per heavy atom. The number of rotatable bonds is 4. The minimum atomic E-state index is -0.997. The van der Waals surface area contributed by atoms with E-state index in [0.717, 1.165) is 27.7 Å². The van der Waals surface area contributed by atoms with Crippen LogP contribution in [0.15, 0.2) is 36.7 Å². The molecule has 0 amide bonds. The normalized spacial score (nSPS) is 12.7. The Balaban J connectivity index is 2.06. The first kappa shape index (κ1) is 12.4. The summed E-state index contributed by atoms with van der Waals surface area (Å²) in [6.07, 6.45) is 3.86. The molecule has 0 fully saturated rings. The number of aliphatic carboxylic acids is 1. The zero-order valence-electron chi connectivity index (χ0n) is 10.6. The van der Waals surface area contributed by atoms with E-state index in [-0.39, 0.29) is 0 Å². The number of carboxylic acids is 1. The van der Waals surface area contributed by atoms with Gasteiger partial charge in [0.1, 0.15) is 6.04 Å². The van der Waals surface area contributed by atoms with Crippen LogP contribution in [0, 0.1) is 0 Å². The third-order valence-corrected chi connectivity index (χ3v) is 3.33. The van der Waals surface area contributed by atoms with Crippen molar-refractivity contribution < 1.29 is 9.90 Å². The number of para-hydroxylation sites is 1. The number of nitrogens with one attached hydrogen (secondary N) is 2. The smallest absolute Gasteiger partial charge is 0.320 e. The SMILES string of the molecule is N[C@@H](Cc1c[nH]c2c(-c3cc[nH]n3)cccc12)C(=O)O. The second-order valence-corrected chi connectivity index (χ2v) is 4.65. The fourth-order valence-corrected chi connectivity index (χ4v) is 2.33. The second kappa shape index (κ2) is 4.82. The fraction of sp³-hybridized carbons (Fsp3) is 0.143. The number of nitrogens with zero attached hydrogens (tertiary/aromatic N) is 1. The van der Waals surface area contributed by atoms with Crippen molar-refractivity contribution in [2.75, 3.05) is 0 Å². The Morgan fingerprint density at radius 1 is 1.40 bits per heavy atom. The Labute approximate surface area is 114 Å². The molecule has 0 spiro atoms. The minimum absolute atomic E-state index is 0.291. The number of aromatic amines is 2. The molecular formula is C14H14N4O2. The van der Waals surface area contributed by atoms with Gasteiger partial charge in [0, 0.05) is 29.8 Å². The van der Waals surface area contributed by atoms with Gasteiger partial charge < -0.3 is 15.8 Å². The van der Waals surface area contributed by atoms with E-state index < -0.39 is 12.0 Å². The van der Waals surface area contributed by atoms with Crippen molar-refractivity contribution >= 4 is 16.9 Å². The molecule has 1 aromatic carbocycles. The summed E-state index contributed by atoms with van der Waals surface area (Å²) < 4.78 is 0. The highest BCUT2D eigenvalue weighted by Gasteiger charge is 2.16. The highest BCUT2D eigenvalue weighted by molar-refractivity contribution is 5.95.